The number of rotatable bonds is 3. The van der Waals surface area contributed by atoms with Gasteiger partial charge in [0.1, 0.15) is 5.75 Å². The van der Waals surface area contributed by atoms with Crippen molar-refractivity contribution in [3.05, 3.63) is 23.8 Å². The van der Waals surface area contributed by atoms with Crippen LogP contribution in [0.3, 0.4) is 0 Å². The molecule has 0 atom stereocenters. The Morgan fingerprint density at radius 1 is 1.54 bits per heavy atom. The molecule has 0 aliphatic carbocycles. The Labute approximate surface area is 85.1 Å². The van der Waals surface area contributed by atoms with Crippen molar-refractivity contribution in [2.24, 2.45) is 0 Å². The SMILES string of the molecule is [2H]C([2H])([2H])C([2H])([2H])Oc1cc(C)cc(B(O)O)c1. The molecule has 0 amide bonds. The van der Waals surface area contributed by atoms with Crippen molar-refractivity contribution in [2.45, 2.75) is 13.8 Å². The Hall–Kier alpha value is -0.995. The summed E-state index contributed by atoms with van der Waals surface area (Å²) >= 11 is 0. The van der Waals surface area contributed by atoms with Gasteiger partial charge in [-0.05, 0) is 36.9 Å². The minimum Gasteiger partial charge on any atom is -0.494 e. The standard InChI is InChI=1S/C9H13BO3/c1-3-13-9-5-7(2)4-8(6-9)10(11)12/h4-6,11-12H,3H2,1-2H3/i1D3,3D2. The van der Waals surface area contributed by atoms with Gasteiger partial charge in [-0.3, -0.25) is 0 Å². The number of aryl methyl sites for hydroxylation is 1. The van der Waals surface area contributed by atoms with Crippen molar-refractivity contribution in [1.29, 1.82) is 0 Å². The average molecular weight is 185 g/mol. The molecule has 0 unspecified atom stereocenters. The van der Waals surface area contributed by atoms with Gasteiger partial charge in [-0.25, -0.2) is 0 Å². The van der Waals surface area contributed by atoms with Gasteiger partial charge in [0, 0.05) is 4.11 Å². The third-order valence-corrected chi connectivity index (χ3v) is 1.54. The summed E-state index contributed by atoms with van der Waals surface area (Å²) in [7, 11) is -1.73. The van der Waals surface area contributed by atoms with Crippen LogP contribution >= 0.6 is 0 Å². The second-order valence-electron chi connectivity index (χ2n) is 2.66. The van der Waals surface area contributed by atoms with E-state index in [1.165, 1.54) is 18.2 Å². The van der Waals surface area contributed by atoms with Crippen LogP contribution in [-0.4, -0.2) is 23.7 Å². The second-order valence-corrected chi connectivity index (χ2v) is 2.66. The van der Waals surface area contributed by atoms with Crippen molar-refractivity contribution in [3.63, 3.8) is 0 Å². The van der Waals surface area contributed by atoms with Crippen molar-refractivity contribution >= 4 is 12.6 Å². The van der Waals surface area contributed by atoms with Crippen molar-refractivity contribution in [3.8, 4) is 5.75 Å². The maximum Gasteiger partial charge on any atom is 0.488 e. The third-order valence-electron chi connectivity index (χ3n) is 1.54. The van der Waals surface area contributed by atoms with Gasteiger partial charge in [0.2, 0.25) is 0 Å². The van der Waals surface area contributed by atoms with Crippen LogP contribution in [0.4, 0.5) is 0 Å². The molecule has 4 heteroatoms. The van der Waals surface area contributed by atoms with E-state index in [-0.39, 0.29) is 11.2 Å². The van der Waals surface area contributed by atoms with E-state index in [2.05, 4.69) is 0 Å². The highest BCUT2D eigenvalue weighted by Crippen LogP contribution is 2.10. The van der Waals surface area contributed by atoms with Crippen molar-refractivity contribution < 1.29 is 21.6 Å². The molecule has 13 heavy (non-hydrogen) atoms. The molecule has 2 N–H and O–H groups in total. The normalized spacial score (nSPS) is 17.6. The van der Waals surface area contributed by atoms with Crippen molar-refractivity contribution in [2.75, 3.05) is 6.56 Å². The van der Waals surface area contributed by atoms with Gasteiger partial charge in [-0.2, -0.15) is 0 Å². The van der Waals surface area contributed by atoms with E-state index in [4.69, 9.17) is 21.6 Å². The zero-order chi connectivity index (χ0) is 14.1. The molecular weight excluding hydrogens is 167 g/mol. The number of ether oxygens (including phenoxy) is 1. The van der Waals surface area contributed by atoms with Crippen LogP contribution in [0.5, 0.6) is 5.75 Å². The van der Waals surface area contributed by atoms with Gasteiger partial charge >= 0.3 is 7.12 Å². The highest BCUT2D eigenvalue weighted by Gasteiger charge is 2.12. The molecule has 0 fully saturated rings. The zero-order valence-electron chi connectivity index (χ0n) is 12.1. The quantitative estimate of drug-likeness (QED) is 0.655. The van der Waals surface area contributed by atoms with Crippen LogP contribution in [0.15, 0.2) is 18.2 Å². The molecule has 1 aromatic carbocycles. The minimum absolute atomic E-state index is 0.0702. The molecule has 3 nitrogen and oxygen atoms in total. The van der Waals surface area contributed by atoms with E-state index in [0.717, 1.165) is 0 Å². The first kappa shape index (κ1) is 5.03. The smallest absolute Gasteiger partial charge is 0.488 e. The summed E-state index contributed by atoms with van der Waals surface area (Å²) in [5, 5.41) is 18.1. The van der Waals surface area contributed by atoms with Gasteiger partial charge in [0.25, 0.3) is 0 Å². The lowest BCUT2D eigenvalue weighted by Crippen LogP contribution is -2.30. The maximum atomic E-state index is 9.03. The van der Waals surface area contributed by atoms with Gasteiger partial charge in [-0.15, -0.1) is 0 Å². The Morgan fingerprint density at radius 3 is 2.92 bits per heavy atom. The van der Waals surface area contributed by atoms with Crippen LogP contribution in [-0.2, 0) is 0 Å². The fraction of sp³-hybridized carbons (Fsp3) is 0.333. The van der Waals surface area contributed by atoms with E-state index in [9.17, 15) is 0 Å². The predicted octanol–water partition coefficient (Wildman–Crippen LogP) is 0.0735. The third kappa shape index (κ3) is 2.75. The molecule has 1 rings (SSSR count). The molecule has 0 aliphatic rings. The number of hydrogen-bond donors (Lipinski definition) is 2. The highest BCUT2D eigenvalue weighted by molar-refractivity contribution is 6.58. The Morgan fingerprint density at radius 2 is 2.31 bits per heavy atom. The maximum absolute atomic E-state index is 9.03. The molecule has 0 radical (unpaired) electrons. The lowest BCUT2D eigenvalue weighted by molar-refractivity contribution is 0.340. The van der Waals surface area contributed by atoms with E-state index >= 15 is 0 Å². The predicted molar refractivity (Wildman–Crippen MR) is 52.2 cm³/mol. The van der Waals surface area contributed by atoms with E-state index < -0.39 is 20.5 Å². The summed E-state index contributed by atoms with van der Waals surface area (Å²) in [5.74, 6) is -0.0702. The lowest BCUT2D eigenvalue weighted by atomic mass is 9.79. The van der Waals surface area contributed by atoms with Crippen LogP contribution in [0.2, 0.25) is 0 Å². The summed E-state index contributed by atoms with van der Waals surface area (Å²) in [4.78, 5) is 0. The van der Waals surface area contributed by atoms with Gasteiger partial charge in [0.15, 0.2) is 0 Å². The molecular formula is C9H13BO3. The highest BCUT2D eigenvalue weighted by atomic mass is 16.5. The summed E-state index contributed by atoms with van der Waals surface area (Å²) in [6.45, 7) is -4.14. The molecule has 1 aromatic rings. The molecule has 70 valence electrons. The Bertz CT molecular complexity index is 433. The minimum atomic E-state index is -2.94. The van der Waals surface area contributed by atoms with Crippen molar-refractivity contribution in [1.82, 2.24) is 0 Å². The first-order valence-corrected chi connectivity index (χ1v) is 3.70. The molecule has 0 saturated carbocycles. The van der Waals surface area contributed by atoms with E-state index in [0.29, 0.717) is 5.56 Å². The number of hydrogen-bond acceptors (Lipinski definition) is 3. The molecule has 0 saturated heterocycles. The summed E-state index contributed by atoms with van der Waals surface area (Å²) in [6.07, 6.45) is 0. The molecule has 0 heterocycles. The number of benzene rings is 1. The fourth-order valence-electron chi connectivity index (χ4n) is 1.04. The summed E-state index contributed by atoms with van der Waals surface area (Å²) in [5.41, 5.74) is 0.697. The zero-order valence-corrected chi connectivity index (χ0v) is 7.11. The molecule has 0 aromatic heterocycles. The van der Waals surface area contributed by atoms with Crippen LogP contribution < -0.4 is 10.2 Å². The topological polar surface area (TPSA) is 49.7 Å². The van der Waals surface area contributed by atoms with Gasteiger partial charge < -0.3 is 14.8 Å². The van der Waals surface area contributed by atoms with Crippen LogP contribution in [0.25, 0.3) is 0 Å². The Balaban J connectivity index is 3.05. The van der Waals surface area contributed by atoms with E-state index in [1.807, 2.05) is 0 Å². The van der Waals surface area contributed by atoms with Crippen LogP contribution in [0.1, 0.15) is 19.3 Å². The fourth-order valence-corrected chi connectivity index (χ4v) is 1.04. The second kappa shape index (κ2) is 4.30. The van der Waals surface area contributed by atoms with Gasteiger partial charge in [-0.1, -0.05) is 6.07 Å². The first-order chi connectivity index (χ1) is 8.03. The average Bonchev–Trinajstić information content (AvgIpc) is 2.13. The summed E-state index contributed by atoms with van der Waals surface area (Å²) in [6, 6.07) is 4.07. The molecule has 0 bridgehead atoms. The van der Waals surface area contributed by atoms with Crippen LogP contribution in [0, 0.1) is 6.92 Å². The lowest BCUT2D eigenvalue weighted by Gasteiger charge is -2.07. The monoisotopic (exact) mass is 185 g/mol. The largest absolute Gasteiger partial charge is 0.494 e. The first-order valence-electron chi connectivity index (χ1n) is 6.20. The molecule has 0 spiro atoms. The van der Waals surface area contributed by atoms with Gasteiger partial charge in [0.05, 0.1) is 9.30 Å². The van der Waals surface area contributed by atoms with E-state index in [1.54, 1.807) is 6.92 Å². The molecule has 0 aliphatic heterocycles. The summed E-state index contributed by atoms with van der Waals surface area (Å²) < 4.78 is 40.5. The Kier molecular flexibility index (Phi) is 1.66.